The molecule has 2 aromatic carbocycles. The number of carbonyl (C=O) groups excluding carboxylic acids is 3. The lowest BCUT2D eigenvalue weighted by atomic mass is 10.1. The summed E-state index contributed by atoms with van der Waals surface area (Å²) in [6.45, 7) is 0.777. The maximum Gasteiger partial charge on any atom is 0.243 e. The average molecular weight is 564 g/mol. The molecule has 1 atom stereocenters. The van der Waals surface area contributed by atoms with Crippen molar-refractivity contribution in [3.05, 3.63) is 76.5 Å². The predicted molar refractivity (Wildman–Crippen MR) is 148 cm³/mol. The third kappa shape index (κ3) is 6.14. The van der Waals surface area contributed by atoms with Gasteiger partial charge in [0.2, 0.25) is 18.2 Å². The number of hydrogen-bond acceptors (Lipinski definition) is 8. The van der Waals surface area contributed by atoms with E-state index in [-0.39, 0.29) is 37.8 Å². The molecule has 3 aromatic rings. The number of nitrogens with two attached hydrogens (primary N) is 1. The number of nitrogens with one attached hydrogen (secondary N) is 2. The zero-order valence-corrected chi connectivity index (χ0v) is 22.4. The van der Waals surface area contributed by atoms with Crippen LogP contribution in [0.4, 0.5) is 5.69 Å². The summed E-state index contributed by atoms with van der Waals surface area (Å²) in [5.74, 6) is -0.595. The largest absolute Gasteiger partial charge is 0.457 e. The van der Waals surface area contributed by atoms with Gasteiger partial charge in [-0.3, -0.25) is 19.8 Å². The Hall–Kier alpha value is -4.26. The minimum Gasteiger partial charge on any atom is -0.457 e. The molecule has 1 aromatic heterocycles. The Balaban J connectivity index is 1.25. The quantitative estimate of drug-likeness (QED) is 0.195. The van der Waals surface area contributed by atoms with Gasteiger partial charge in [-0.2, -0.15) is 0 Å². The number of amides is 3. The van der Waals surface area contributed by atoms with Crippen LogP contribution >= 0.6 is 11.3 Å². The Morgan fingerprint density at radius 3 is 2.45 bits per heavy atom. The van der Waals surface area contributed by atoms with Crippen molar-refractivity contribution in [3.63, 3.8) is 0 Å². The van der Waals surface area contributed by atoms with Gasteiger partial charge in [0.25, 0.3) is 0 Å². The van der Waals surface area contributed by atoms with Crippen molar-refractivity contribution in [3.8, 4) is 11.5 Å². The molecule has 0 saturated carbocycles. The van der Waals surface area contributed by atoms with Gasteiger partial charge in [-0.15, -0.1) is 11.3 Å². The fraction of sp³-hybridized carbons (Fsp3) is 0.286. The molecule has 3 heterocycles. The van der Waals surface area contributed by atoms with E-state index in [1.165, 1.54) is 21.1 Å². The predicted octanol–water partition coefficient (Wildman–Crippen LogP) is 2.45. The van der Waals surface area contributed by atoms with Gasteiger partial charge in [0.05, 0.1) is 31.2 Å². The van der Waals surface area contributed by atoms with E-state index in [2.05, 4.69) is 5.32 Å². The van der Waals surface area contributed by atoms with Crippen molar-refractivity contribution in [1.29, 1.82) is 5.41 Å². The molecule has 12 heteroatoms. The van der Waals surface area contributed by atoms with Crippen LogP contribution in [0.2, 0.25) is 0 Å². The molecule has 4 N–H and O–H groups in total. The molecule has 5 rings (SSSR count). The average Bonchev–Trinajstić information content (AvgIpc) is 3.72. The van der Waals surface area contributed by atoms with Crippen LogP contribution in [-0.2, 0) is 30.4 Å². The molecule has 0 bridgehead atoms. The Kier molecular flexibility index (Phi) is 8.10. The molecule has 208 valence electrons. The van der Waals surface area contributed by atoms with E-state index in [1.807, 2.05) is 30.3 Å². The molecule has 2 aliphatic rings. The molecule has 2 fully saturated rings. The first-order valence-electron chi connectivity index (χ1n) is 12.7. The fourth-order valence-electron chi connectivity index (χ4n) is 4.71. The van der Waals surface area contributed by atoms with Crippen LogP contribution in [0, 0.1) is 5.41 Å². The highest BCUT2D eigenvalue weighted by molar-refractivity contribution is 7.14. The van der Waals surface area contributed by atoms with Gasteiger partial charge in [-0.05, 0) is 48.5 Å². The number of benzene rings is 2. The molecule has 3 amide bonds. The minimum absolute atomic E-state index is 0.0364. The van der Waals surface area contributed by atoms with E-state index in [0.29, 0.717) is 41.7 Å². The molecule has 40 heavy (non-hydrogen) atoms. The lowest BCUT2D eigenvalue weighted by Crippen LogP contribution is -2.49. The topological polar surface area (TPSA) is 147 Å². The summed E-state index contributed by atoms with van der Waals surface area (Å²) in [6, 6.07) is 18.8. The van der Waals surface area contributed by atoms with Gasteiger partial charge in [-0.1, -0.05) is 18.2 Å². The van der Waals surface area contributed by atoms with E-state index in [0.717, 1.165) is 4.88 Å². The third-order valence-electron chi connectivity index (χ3n) is 6.67. The van der Waals surface area contributed by atoms with Crippen molar-refractivity contribution in [1.82, 2.24) is 10.2 Å². The summed E-state index contributed by atoms with van der Waals surface area (Å²) in [5, 5.41) is 10.4. The first kappa shape index (κ1) is 27.3. The maximum atomic E-state index is 13.5. The first-order valence-corrected chi connectivity index (χ1v) is 13.5. The molecule has 1 spiro atoms. The van der Waals surface area contributed by atoms with E-state index in [9.17, 15) is 14.4 Å². The van der Waals surface area contributed by atoms with Crippen LogP contribution in [0.3, 0.4) is 0 Å². The number of nitrogens with zero attached hydrogens (tertiary/aromatic N) is 2. The molecular weight excluding hydrogens is 534 g/mol. The van der Waals surface area contributed by atoms with Crippen LogP contribution in [0.15, 0.2) is 66.7 Å². The van der Waals surface area contributed by atoms with Crippen LogP contribution in [0.25, 0.3) is 0 Å². The van der Waals surface area contributed by atoms with Gasteiger partial charge in [0.15, 0.2) is 5.79 Å². The highest BCUT2D eigenvalue weighted by atomic mass is 32.1. The zero-order valence-electron chi connectivity index (χ0n) is 21.6. The standard InChI is InChI=1S/C28H29N5O6S/c29-26(30)24-11-10-22(40-24)15-31-27(36)23-14-28(37-12-13-38-28)17-33(23)25(35)16-32(18-34)19-6-8-21(9-7-19)39-20-4-2-1-3-5-20/h1-11,18,23H,12-17H2,(H3,29,30)(H,31,36)/t23-/m0/s1. The number of nitrogen functional groups attached to an aromatic ring is 1. The molecular formula is C28H29N5O6S. The second kappa shape index (κ2) is 11.9. The number of amidine groups is 1. The van der Waals surface area contributed by atoms with Crippen LogP contribution < -0.4 is 20.7 Å². The summed E-state index contributed by atoms with van der Waals surface area (Å²) in [5.41, 5.74) is 6.04. The number of para-hydroxylation sites is 1. The monoisotopic (exact) mass is 563 g/mol. The molecule has 0 unspecified atom stereocenters. The van der Waals surface area contributed by atoms with Crippen LogP contribution in [0.1, 0.15) is 16.2 Å². The van der Waals surface area contributed by atoms with Gasteiger partial charge >= 0.3 is 0 Å². The lowest BCUT2D eigenvalue weighted by molar-refractivity contribution is -0.152. The summed E-state index contributed by atoms with van der Waals surface area (Å²) >= 11 is 1.31. The van der Waals surface area contributed by atoms with Crippen molar-refractivity contribution in [2.75, 3.05) is 31.2 Å². The summed E-state index contributed by atoms with van der Waals surface area (Å²) in [6.07, 6.45) is 0.762. The molecule has 11 nitrogen and oxygen atoms in total. The third-order valence-corrected chi connectivity index (χ3v) is 7.79. The highest BCUT2D eigenvalue weighted by Gasteiger charge is 2.52. The number of thiophene rings is 1. The van der Waals surface area contributed by atoms with E-state index < -0.39 is 17.7 Å². The second-order valence-corrected chi connectivity index (χ2v) is 10.6. The Bertz CT molecular complexity index is 1370. The van der Waals surface area contributed by atoms with Gasteiger partial charge < -0.3 is 35.1 Å². The highest BCUT2D eigenvalue weighted by Crippen LogP contribution is 2.35. The molecule has 0 aliphatic carbocycles. The Labute approximate surface area is 234 Å². The van der Waals surface area contributed by atoms with Gasteiger partial charge in [0, 0.05) is 17.0 Å². The number of carbonyl (C=O) groups is 3. The fourth-order valence-corrected chi connectivity index (χ4v) is 5.52. The van der Waals surface area contributed by atoms with Crippen molar-refractivity contribution < 1.29 is 28.6 Å². The molecule has 2 saturated heterocycles. The van der Waals surface area contributed by atoms with Crippen molar-refractivity contribution in [2.45, 2.75) is 24.8 Å². The number of ether oxygens (including phenoxy) is 3. The summed E-state index contributed by atoms with van der Waals surface area (Å²) in [4.78, 5) is 42.8. The van der Waals surface area contributed by atoms with Crippen LogP contribution in [-0.4, -0.2) is 67.1 Å². The Morgan fingerprint density at radius 2 is 1.80 bits per heavy atom. The van der Waals surface area contributed by atoms with E-state index in [1.54, 1.807) is 36.4 Å². The first-order chi connectivity index (χ1) is 19.4. The number of rotatable bonds is 10. The number of anilines is 1. The number of likely N-dealkylation sites (tertiary alicyclic amines) is 1. The van der Waals surface area contributed by atoms with Gasteiger partial charge in [0.1, 0.15) is 29.9 Å². The smallest absolute Gasteiger partial charge is 0.243 e. The maximum absolute atomic E-state index is 13.5. The van der Waals surface area contributed by atoms with E-state index in [4.69, 9.17) is 25.4 Å². The summed E-state index contributed by atoms with van der Waals surface area (Å²) < 4.78 is 17.4. The lowest BCUT2D eigenvalue weighted by Gasteiger charge is -2.26. The zero-order chi connectivity index (χ0) is 28.1. The Morgan fingerprint density at radius 1 is 1.10 bits per heavy atom. The van der Waals surface area contributed by atoms with Gasteiger partial charge in [-0.25, -0.2) is 0 Å². The van der Waals surface area contributed by atoms with E-state index >= 15 is 0 Å². The summed E-state index contributed by atoms with van der Waals surface area (Å²) in [7, 11) is 0. The van der Waals surface area contributed by atoms with Crippen molar-refractivity contribution in [2.24, 2.45) is 5.73 Å². The SMILES string of the molecule is N=C(N)c1ccc(CNC(=O)[C@@H]2CC3(CN2C(=O)CN(C=O)c2ccc(Oc4ccccc4)cc2)OCCO3)s1. The minimum atomic E-state index is -1.05. The molecule has 0 radical (unpaired) electrons. The van der Waals surface area contributed by atoms with Crippen LogP contribution in [0.5, 0.6) is 11.5 Å². The normalized spacial score (nSPS) is 17.5. The second-order valence-electron chi connectivity index (χ2n) is 9.39. The van der Waals surface area contributed by atoms with Crippen molar-refractivity contribution >= 4 is 41.1 Å². The molecule has 2 aliphatic heterocycles. The number of hydrogen-bond donors (Lipinski definition) is 3.